The number of morpholine rings is 1. The molecule has 0 unspecified atom stereocenters. The Bertz CT molecular complexity index is 1280. The van der Waals surface area contributed by atoms with Crippen molar-refractivity contribution in [1.29, 1.82) is 0 Å². The van der Waals surface area contributed by atoms with Crippen molar-refractivity contribution in [3.05, 3.63) is 83.4 Å². The van der Waals surface area contributed by atoms with Crippen LogP contribution in [0.5, 0.6) is 5.75 Å². The Balaban J connectivity index is 1.45. The minimum atomic E-state index is -0.734. The van der Waals surface area contributed by atoms with Crippen LogP contribution in [-0.4, -0.2) is 66.9 Å². The Kier molecular flexibility index (Phi) is 8.66. The van der Waals surface area contributed by atoms with Gasteiger partial charge < -0.3 is 24.2 Å². The van der Waals surface area contributed by atoms with Crippen LogP contribution in [-0.2, 0) is 24.8 Å². The molecule has 2 heterocycles. The molecule has 5 rings (SSSR count). The molecule has 0 bridgehead atoms. The van der Waals surface area contributed by atoms with Gasteiger partial charge in [-0.05, 0) is 42.2 Å². The molecule has 2 fully saturated rings. The van der Waals surface area contributed by atoms with E-state index in [0.717, 1.165) is 46.6 Å². The van der Waals surface area contributed by atoms with Crippen molar-refractivity contribution in [3.8, 4) is 5.75 Å². The zero-order chi connectivity index (χ0) is 27.4. The number of aliphatic hydroxyl groups is 1. The van der Waals surface area contributed by atoms with E-state index in [1.165, 1.54) is 11.0 Å². The quantitative estimate of drug-likeness (QED) is 0.258. The minimum Gasteiger partial charge on any atom is -0.504 e. The molecule has 1 amide bonds. The Hall–Kier alpha value is -3.18. The van der Waals surface area contributed by atoms with Gasteiger partial charge in [-0.25, -0.2) is 4.39 Å². The first-order chi connectivity index (χ1) is 19.0. The molecule has 2 N–H and O–H groups in total. The van der Waals surface area contributed by atoms with Gasteiger partial charge in [-0.1, -0.05) is 30.8 Å². The van der Waals surface area contributed by atoms with E-state index < -0.39 is 35.5 Å². The zero-order valence-corrected chi connectivity index (χ0v) is 22.3. The molecule has 1 aliphatic carbocycles. The summed E-state index contributed by atoms with van der Waals surface area (Å²) in [5.41, 5.74) is 2.56. The smallest absolute Gasteiger partial charge is 0.251 e. The number of halogens is 1. The maximum atomic E-state index is 15.1. The number of benzene rings is 2. The summed E-state index contributed by atoms with van der Waals surface area (Å²) < 4.78 is 32.4. The lowest BCUT2D eigenvalue weighted by atomic mass is 9.93. The number of amides is 1. The fourth-order valence-electron chi connectivity index (χ4n) is 4.70. The summed E-state index contributed by atoms with van der Waals surface area (Å²) in [5, 5.41) is 13.5. The maximum Gasteiger partial charge on any atom is 0.251 e. The monoisotopic (exact) mass is 554 g/mol. The van der Waals surface area contributed by atoms with E-state index in [0.29, 0.717) is 25.1 Å². The highest BCUT2D eigenvalue weighted by Gasteiger charge is 2.34. The number of ketones is 1. The molecular formula is C29H31FN2O6S. The molecule has 2 aromatic carbocycles. The SMILES string of the molecule is C=CC(=O)/C(O)=C/C(=O)N1CCOC[C@H]1N[C@@H]1c2ccccc2SCc2c1ccc(F)c2OCCOC1CC1. The number of aliphatic hydroxyl groups excluding tert-OH is 1. The van der Waals surface area contributed by atoms with Crippen molar-refractivity contribution in [2.45, 2.75) is 41.8 Å². The zero-order valence-electron chi connectivity index (χ0n) is 21.4. The fourth-order valence-corrected chi connectivity index (χ4v) is 5.83. The van der Waals surface area contributed by atoms with Gasteiger partial charge in [0.25, 0.3) is 5.91 Å². The third kappa shape index (κ3) is 6.36. The number of ether oxygens (including phenoxy) is 3. The van der Waals surface area contributed by atoms with Crippen molar-refractivity contribution < 1.29 is 33.3 Å². The van der Waals surface area contributed by atoms with Gasteiger partial charge >= 0.3 is 0 Å². The second kappa shape index (κ2) is 12.3. The first-order valence-corrected chi connectivity index (χ1v) is 13.9. The van der Waals surface area contributed by atoms with Gasteiger partial charge in [-0.2, -0.15) is 0 Å². The second-order valence-electron chi connectivity index (χ2n) is 9.51. The van der Waals surface area contributed by atoms with E-state index in [4.69, 9.17) is 14.2 Å². The van der Waals surface area contributed by atoms with Gasteiger partial charge in [0.05, 0.1) is 32.0 Å². The van der Waals surface area contributed by atoms with Gasteiger partial charge in [0.15, 0.2) is 17.3 Å². The molecule has 2 aliphatic heterocycles. The average molecular weight is 555 g/mol. The largest absolute Gasteiger partial charge is 0.504 e. The fraction of sp³-hybridized carbons (Fsp3) is 0.379. The molecule has 206 valence electrons. The van der Waals surface area contributed by atoms with Gasteiger partial charge in [0.2, 0.25) is 5.78 Å². The summed E-state index contributed by atoms with van der Waals surface area (Å²) in [7, 11) is 0. The maximum absolute atomic E-state index is 15.1. The molecular weight excluding hydrogens is 523 g/mol. The number of rotatable bonds is 10. The normalized spacial score (nSPS) is 20.9. The number of carbonyl (C=O) groups excluding carboxylic acids is 2. The van der Waals surface area contributed by atoms with Crippen LogP contribution in [0.3, 0.4) is 0 Å². The molecule has 2 aromatic rings. The Morgan fingerprint density at radius 1 is 1.21 bits per heavy atom. The van der Waals surface area contributed by atoms with Crippen LogP contribution < -0.4 is 10.1 Å². The standard InChI is InChI=1S/C29H31FN2O6S/c1-2-23(33)24(34)15-27(35)32-11-12-36-16-26(32)31-28-19-9-10-22(30)29(38-14-13-37-18-7-8-18)21(19)17-39-25-6-4-3-5-20(25)28/h2-6,9-10,15,18,26,28,31,34H,1,7-8,11-14,16-17H2/b24-15-/t26-,28-/m0/s1. The summed E-state index contributed by atoms with van der Waals surface area (Å²) in [6.45, 7) is 4.75. The first kappa shape index (κ1) is 27.4. The van der Waals surface area contributed by atoms with Crippen molar-refractivity contribution in [1.82, 2.24) is 10.2 Å². The molecule has 3 aliphatic rings. The van der Waals surface area contributed by atoms with Crippen molar-refractivity contribution in [3.63, 3.8) is 0 Å². The van der Waals surface area contributed by atoms with E-state index in [1.807, 2.05) is 24.3 Å². The first-order valence-electron chi connectivity index (χ1n) is 13.0. The average Bonchev–Trinajstić information content (AvgIpc) is 3.79. The second-order valence-corrected chi connectivity index (χ2v) is 10.5. The lowest BCUT2D eigenvalue weighted by Crippen LogP contribution is -2.56. The highest BCUT2D eigenvalue weighted by atomic mass is 32.2. The molecule has 2 atom stereocenters. The third-order valence-corrected chi connectivity index (χ3v) is 7.95. The van der Waals surface area contributed by atoms with E-state index in [2.05, 4.69) is 11.9 Å². The molecule has 10 heteroatoms. The predicted octanol–water partition coefficient (Wildman–Crippen LogP) is 4.05. The lowest BCUT2D eigenvalue weighted by molar-refractivity contribution is -0.136. The number of hydrogen-bond donors (Lipinski definition) is 2. The number of hydrogen-bond acceptors (Lipinski definition) is 8. The van der Waals surface area contributed by atoms with Crippen LogP contribution in [0.2, 0.25) is 0 Å². The van der Waals surface area contributed by atoms with E-state index in [1.54, 1.807) is 17.8 Å². The Morgan fingerprint density at radius 3 is 2.82 bits per heavy atom. The predicted molar refractivity (Wildman–Crippen MR) is 144 cm³/mol. The van der Waals surface area contributed by atoms with Crippen molar-refractivity contribution in [2.24, 2.45) is 0 Å². The number of nitrogens with zero attached hydrogens (tertiary/aromatic N) is 1. The van der Waals surface area contributed by atoms with Crippen LogP contribution in [0.4, 0.5) is 4.39 Å². The summed E-state index contributed by atoms with van der Waals surface area (Å²) in [6.07, 6.45) is 3.68. The van der Waals surface area contributed by atoms with Crippen LogP contribution in [0.1, 0.15) is 35.6 Å². The van der Waals surface area contributed by atoms with Crippen LogP contribution >= 0.6 is 11.8 Å². The molecule has 0 spiro atoms. The third-order valence-electron chi connectivity index (χ3n) is 6.84. The lowest BCUT2D eigenvalue weighted by Gasteiger charge is -2.38. The molecule has 1 saturated heterocycles. The number of fused-ring (bicyclic) bond motifs is 2. The topological polar surface area (TPSA) is 97.3 Å². The van der Waals surface area contributed by atoms with Crippen LogP contribution in [0.25, 0.3) is 0 Å². The van der Waals surface area contributed by atoms with Gasteiger partial charge in [-0.15, -0.1) is 11.8 Å². The molecule has 39 heavy (non-hydrogen) atoms. The number of nitrogens with one attached hydrogen (secondary N) is 1. The van der Waals surface area contributed by atoms with E-state index >= 15 is 4.39 Å². The van der Waals surface area contributed by atoms with Gasteiger partial charge in [-0.3, -0.25) is 14.9 Å². The summed E-state index contributed by atoms with van der Waals surface area (Å²) in [5.74, 6) is -1.66. The summed E-state index contributed by atoms with van der Waals surface area (Å²) in [4.78, 5) is 27.3. The van der Waals surface area contributed by atoms with E-state index in [-0.39, 0.29) is 25.5 Å². The number of allylic oxidation sites excluding steroid dienone is 1. The minimum absolute atomic E-state index is 0.194. The van der Waals surface area contributed by atoms with Crippen molar-refractivity contribution >= 4 is 23.5 Å². The van der Waals surface area contributed by atoms with Gasteiger partial charge in [0.1, 0.15) is 12.8 Å². The molecule has 1 saturated carbocycles. The van der Waals surface area contributed by atoms with Crippen LogP contribution in [0.15, 0.2) is 65.8 Å². The molecule has 0 radical (unpaired) electrons. The van der Waals surface area contributed by atoms with E-state index in [9.17, 15) is 14.7 Å². The van der Waals surface area contributed by atoms with Gasteiger partial charge in [0, 0.05) is 28.8 Å². The Morgan fingerprint density at radius 2 is 2.03 bits per heavy atom. The molecule has 8 nitrogen and oxygen atoms in total. The molecule has 0 aromatic heterocycles. The highest BCUT2D eigenvalue weighted by Crippen LogP contribution is 2.43. The van der Waals surface area contributed by atoms with Crippen LogP contribution in [0, 0.1) is 5.82 Å². The number of thioether (sulfide) groups is 1. The van der Waals surface area contributed by atoms with Crippen molar-refractivity contribution in [2.75, 3.05) is 33.0 Å². The summed E-state index contributed by atoms with van der Waals surface area (Å²) in [6, 6.07) is 10.7. The summed E-state index contributed by atoms with van der Waals surface area (Å²) >= 11 is 1.60. The highest BCUT2D eigenvalue weighted by molar-refractivity contribution is 7.98. The number of carbonyl (C=O) groups is 2. The Labute approximate surface area is 230 Å².